The van der Waals surface area contributed by atoms with E-state index in [1.165, 1.54) is 0 Å². The third kappa shape index (κ3) is 3.96. The molecule has 124 valence electrons. The van der Waals surface area contributed by atoms with Crippen LogP contribution in [0.1, 0.15) is 48.5 Å². The van der Waals surface area contributed by atoms with Gasteiger partial charge in [-0.1, -0.05) is 0 Å². The van der Waals surface area contributed by atoms with Crippen molar-refractivity contribution < 1.29 is 19.0 Å². The average molecular weight is 301 g/mol. The quantitative estimate of drug-likeness (QED) is 0.800. The molecule has 0 aromatic rings. The molecule has 1 unspecified atom stereocenters. The fourth-order valence-corrected chi connectivity index (χ4v) is 3.00. The summed E-state index contributed by atoms with van der Waals surface area (Å²) in [5.41, 5.74) is -0.928. The van der Waals surface area contributed by atoms with E-state index in [0.29, 0.717) is 13.2 Å². The zero-order valence-corrected chi connectivity index (χ0v) is 14.7. The van der Waals surface area contributed by atoms with Crippen LogP contribution < -0.4 is 0 Å². The lowest BCUT2D eigenvalue weighted by Gasteiger charge is -2.45. The maximum atomic E-state index is 6.30. The highest BCUT2D eigenvalue weighted by Gasteiger charge is 2.60. The summed E-state index contributed by atoms with van der Waals surface area (Å²) >= 11 is 0. The SMILES string of the molecule is C[C@@H]1O[C@@]2(COC(C)(C)C)CN(C)O[C@H]1C2OC(C)(C)C. The normalized spacial score (nSPS) is 38.0. The van der Waals surface area contributed by atoms with E-state index >= 15 is 0 Å². The molecular weight excluding hydrogens is 270 g/mol. The van der Waals surface area contributed by atoms with Gasteiger partial charge in [0.15, 0.2) is 0 Å². The molecule has 2 fully saturated rings. The highest BCUT2D eigenvalue weighted by Crippen LogP contribution is 2.42. The van der Waals surface area contributed by atoms with Gasteiger partial charge in [0.25, 0.3) is 0 Å². The average Bonchev–Trinajstić information content (AvgIpc) is 2.42. The van der Waals surface area contributed by atoms with Crippen molar-refractivity contribution in [2.24, 2.45) is 0 Å². The Balaban J connectivity index is 2.23. The van der Waals surface area contributed by atoms with Crippen LogP contribution in [-0.2, 0) is 19.0 Å². The van der Waals surface area contributed by atoms with E-state index in [4.69, 9.17) is 19.0 Å². The van der Waals surface area contributed by atoms with Gasteiger partial charge in [-0.25, -0.2) is 0 Å². The number of hydroxylamine groups is 2. The molecule has 2 bridgehead atoms. The molecule has 0 aromatic carbocycles. The van der Waals surface area contributed by atoms with E-state index in [9.17, 15) is 0 Å². The van der Waals surface area contributed by atoms with Crippen molar-refractivity contribution in [1.29, 1.82) is 0 Å². The van der Waals surface area contributed by atoms with Gasteiger partial charge in [0, 0.05) is 7.05 Å². The zero-order valence-electron chi connectivity index (χ0n) is 14.7. The Hall–Kier alpha value is -0.200. The number of ether oxygens (including phenoxy) is 3. The molecule has 0 aliphatic carbocycles. The number of fused-ring (bicyclic) bond motifs is 2. The number of rotatable bonds is 3. The Morgan fingerprint density at radius 3 is 2.29 bits per heavy atom. The van der Waals surface area contributed by atoms with Crippen molar-refractivity contribution in [3.8, 4) is 0 Å². The van der Waals surface area contributed by atoms with Gasteiger partial charge in [-0.15, -0.1) is 0 Å². The number of likely N-dealkylation sites (N-methyl/N-ethyl adjacent to an activating group) is 1. The van der Waals surface area contributed by atoms with Crippen LogP contribution in [0.2, 0.25) is 0 Å². The first-order valence-corrected chi connectivity index (χ1v) is 7.79. The van der Waals surface area contributed by atoms with Crippen LogP contribution in [0.3, 0.4) is 0 Å². The summed E-state index contributed by atoms with van der Waals surface area (Å²) in [5, 5.41) is 1.85. The van der Waals surface area contributed by atoms with E-state index in [1.807, 2.05) is 19.0 Å². The second kappa shape index (κ2) is 5.46. The van der Waals surface area contributed by atoms with Crippen molar-refractivity contribution in [3.05, 3.63) is 0 Å². The maximum absolute atomic E-state index is 6.30. The lowest BCUT2D eigenvalue weighted by Crippen LogP contribution is -2.62. The molecule has 0 N–H and O–H groups in total. The Morgan fingerprint density at radius 1 is 1.14 bits per heavy atom. The summed E-state index contributed by atoms with van der Waals surface area (Å²) in [6, 6.07) is 0. The second-order valence-electron chi connectivity index (χ2n) is 8.30. The van der Waals surface area contributed by atoms with Crippen LogP contribution in [0.15, 0.2) is 0 Å². The summed E-state index contributed by atoms with van der Waals surface area (Å²) in [5.74, 6) is 0. The van der Waals surface area contributed by atoms with Crippen molar-refractivity contribution in [2.45, 2.75) is 83.6 Å². The van der Waals surface area contributed by atoms with Gasteiger partial charge in [0.05, 0.1) is 30.5 Å². The standard InChI is InChI=1S/C16H31NO4/c1-11-12-13(20-15(5,6)7)16(19-11,9-17(8)21-12)10-18-14(2,3)4/h11-13H,9-10H2,1-8H3/t11-,12+,13?,16+/m0/s1. The van der Waals surface area contributed by atoms with Gasteiger partial charge in [0.2, 0.25) is 0 Å². The minimum absolute atomic E-state index is 0.00846. The number of hydrogen-bond acceptors (Lipinski definition) is 5. The van der Waals surface area contributed by atoms with Crippen LogP contribution in [-0.4, -0.2) is 60.4 Å². The highest BCUT2D eigenvalue weighted by atomic mass is 16.7. The molecule has 0 saturated carbocycles. The Labute approximate surface area is 128 Å². The monoisotopic (exact) mass is 301 g/mol. The fourth-order valence-electron chi connectivity index (χ4n) is 3.00. The third-order valence-corrected chi connectivity index (χ3v) is 3.72. The van der Waals surface area contributed by atoms with Crippen LogP contribution >= 0.6 is 0 Å². The van der Waals surface area contributed by atoms with Gasteiger partial charge in [-0.2, -0.15) is 5.06 Å². The van der Waals surface area contributed by atoms with Crippen molar-refractivity contribution in [2.75, 3.05) is 20.2 Å². The molecule has 2 rings (SSSR count). The lowest BCUT2D eigenvalue weighted by atomic mass is 9.92. The second-order valence-corrected chi connectivity index (χ2v) is 8.30. The predicted molar refractivity (Wildman–Crippen MR) is 81.1 cm³/mol. The lowest BCUT2D eigenvalue weighted by molar-refractivity contribution is -0.286. The predicted octanol–water partition coefficient (Wildman–Crippen LogP) is 2.39. The van der Waals surface area contributed by atoms with E-state index in [1.54, 1.807) is 0 Å². The molecule has 2 aliphatic rings. The molecule has 21 heavy (non-hydrogen) atoms. The van der Waals surface area contributed by atoms with Crippen molar-refractivity contribution >= 4 is 0 Å². The van der Waals surface area contributed by atoms with Gasteiger partial charge < -0.3 is 14.2 Å². The smallest absolute Gasteiger partial charge is 0.136 e. The van der Waals surface area contributed by atoms with Gasteiger partial charge in [-0.3, -0.25) is 4.84 Å². The first-order chi connectivity index (χ1) is 9.42. The van der Waals surface area contributed by atoms with Crippen LogP contribution in [0.5, 0.6) is 0 Å². The van der Waals surface area contributed by atoms with E-state index in [-0.39, 0.29) is 29.5 Å². The molecule has 5 nitrogen and oxygen atoms in total. The van der Waals surface area contributed by atoms with Gasteiger partial charge in [-0.05, 0) is 48.5 Å². The van der Waals surface area contributed by atoms with Gasteiger partial charge in [0.1, 0.15) is 17.8 Å². The molecule has 4 atom stereocenters. The summed E-state index contributed by atoms with van der Waals surface area (Å²) in [6.45, 7) is 15.6. The molecule has 2 saturated heterocycles. The van der Waals surface area contributed by atoms with Crippen molar-refractivity contribution in [1.82, 2.24) is 5.06 Å². The topological polar surface area (TPSA) is 40.2 Å². The largest absolute Gasteiger partial charge is 0.373 e. The van der Waals surface area contributed by atoms with Crippen LogP contribution in [0, 0.1) is 0 Å². The van der Waals surface area contributed by atoms with Crippen molar-refractivity contribution in [3.63, 3.8) is 0 Å². The molecule has 0 amide bonds. The Bertz CT molecular complexity index is 369. The summed E-state index contributed by atoms with van der Waals surface area (Å²) < 4.78 is 18.6. The first-order valence-electron chi connectivity index (χ1n) is 7.79. The molecular formula is C16H31NO4. The molecule has 2 aliphatic heterocycles. The third-order valence-electron chi connectivity index (χ3n) is 3.72. The van der Waals surface area contributed by atoms with Crippen LogP contribution in [0.25, 0.3) is 0 Å². The fraction of sp³-hybridized carbons (Fsp3) is 1.00. The summed E-state index contributed by atoms with van der Waals surface area (Å²) in [7, 11) is 1.94. The Kier molecular flexibility index (Phi) is 4.46. The highest BCUT2D eigenvalue weighted by molar-refractivity contribution is 5.07. The van der Waals surface area contributed by atoms with E-state index in [2.05, 4.69) is 41.5 Å². The summed E-state index contributed by atoms with van der Waals surface area (Å²) in [4.78, 5) is 5.93. The Morgan fingerprint density at radius 2 is 1.76 bits per heavy atom. The molecule has 2 heterocycles. The number of nitrogens with zero attached hydrogens (tertiary/aromatic N) is 1. The van der Waals surface area contributed by atoms with Crippen LogP contribution in [0.4, 0.5) is 0 Å². The molecule has 0 aromatic heterocycles. The molecule has 5 heteroatoms. The molecule has 0 spiro atoms. The van der Waals surface area contributed by atoms with E-state index in [0.717, 1.165) is 0 Å². The zero-order chi connectivity index (χ0) is 16.1. The van der Waals surface area contributed by atoms with Gasteiger partial charge >= 0.3 is 0 Å². The minimum atomic E-state index is -0.475. The van der Waals surface area contributed by atoms with E-state index < -0.39 is 5.60 Å². The molecule has 0 radical (unpaired) electrons. The summed E-state index contributed by atoms with van der Waals surface area (Å²) in [6.07, 6.45) is -0.219. The number of hydrogen-bond donors (Lipinski definition) is 0. The minimum Gasteiger partial charge on any atom is -0.373 e. The maximum Gasteiger partial charge on any atom is 0.136 e. The first kappa shape index (κ1) is 17.2.